The van der Waals surface area contributed by atoms with Gasteiger partial charge in [-0.3, -0.25) is 0 Å². The number of nitrogens with one attached hydrogen (secondary N) is 1. The van der Waals surface area contributed by atoms with Gasteiger partial charge in [0.2, 0.25) is 0 Å². The molecule has 1 heterocycles. The van der Waals surface area contributed by atoms with Crippen molar-refractivity contribution >= 4 is 11.6 Å². The zero-order valence-electron chi connectivity index (χ0n) is 10.9. The summed E-state index contributed by atoms with van der Waals surface area (Å²) < 4.78 is 10.7. The number of halogens is 1. The smallest absolute Gasteiger partial charge is 0.120 e. The number of benzene rings is 1. The first-order valence-corrected chi connectivity index (χ1v) is 6.78. The maximum Gasteiger partial charge on any atom is 0.120 e. The molecule has 2 rings (SSSR count). The third-order valence-electron chi connectivity index (χ3n) is 3.40. The summed E-state index contributed by atoms with van der Waals surface area (Å²) in [7, 11) is 1.65. The Balaban J connectivity index is 2.23. The minimum absolute atomic E-state index is 0.260. The first-order valence-electron chi connectivity index (χ1n) is 6.40. The van der Waals surface area contributed by atoms with E-state index in [9.17, 15) is 0 Å². The molecule has 1 aromatic rings. The average molecular weight is 270 g/mol. The summed E-state index contributed by atoms with van der Waals surface area (Å²) in [6, 6.07) is 6.14. The fourth-order valence-electron chi connectivity index (χ4n) is 2.45. The molecule has 0 radical (unpaired) electrons. The third kappa shape index (κ3) is 2.97. The molecule has 2 atom stereocenters. The molecular weight excluding hydrogens is 250 g/mol. The lowest BCUT2D eigenvalue weighted by molar-refractivity contribution is 0.177. The summed E-state index contributed by atoms with van der Waals surface area (Å²) in [5.74, 6) is 1.29. The summed E-state index contributed by atoms with van der Waals surface area (Å²) in [6.45, 7) is 4.68. The Labute approximate surface area is 113 Å². The summed E-state index contributed by atoms with van der Waals surface area (Å²) in [5, 5.41) is 4.27. The van der Waals surface area contributed by atoms with Crippen LogP contribution in [0.4, 0.5) is 0 Å². The van der Waals surface area contributed by atoms with Crippen LogP contribution in [0, 0.1) is 5.92 Å². The molecule has 1 N–H and O–H groups in total. The van der Waals surface area contributed by atoms with Crippen molar-refractivity contribution in [2.45, 2.75) is 19.4 Å². The molecule has 1 saturated heterocycles. The van der Waals surface area contributed by atoms with Gasteiger partial charge in [-0.1, -0.05) is 24.6 Å². The Bertz CT molecular complexity index is 391. The molecule has 1 aromatic carbocycles. The Morgan fingerprint density at radius 2 is 2.39 bits per heavy atom. The van der Waals surface area contributed by atoms with Gasteiger partial charge in [0.15, 0.2) is 0 Å². The van der Waals surface area contributed by atoms with Crippen LogP contribution in [0.2, 0.25) is 5.02 Å². The molecule has 0 bridgehead atoms. The minimum Gasteiger partial charge on any atom is -0.497 e. The molecule has 1 fully saturated rings. The zero-order valence-corrected chi connectivity index (χ0v) is 11.7. The van der Waals surface area contributed by atoms with Gasteiger partial charge < -0.3 is 14.8 Å². The van der Waals surface area contributed by atoms with E-state index in [-0.39, 0.29) is 6.04 Å². The van der Waals surface area contributed by atoms with Crippen LogP contribution in [0.3, 0.4) is 0 Å². The van der Waals surface area contributed by atoms with E-state index in [1.807, 2.05) is 18.2 Å². The summed E-state index contributed by atoms with van der Waals surface area (Å²) in [5.41, 5.74) is 1.13. The molecule has 2 unspecified atom stereocenters. The van der Waals surface area contributed by atoms with E-state index >= 15 is 0 Å². The van der Waals surface area contributed by atoms with Crippen LogP contribution in [-0.2, 0) is 4.74 Å². The number of ether oxygens (including phenoxy) is 2. The van der Waals surface area contributed by atoms with Gasteiger partial charge in [0.25, 0.3) is 0 Å². The largest absolute Gasteiger partial charge is 0.497 e. The minimum atomic E-state index is 0.260. The van der Waals surface area contributed by atoms with Crippen molar-refractivity contribution in [3.8, 4) is 5.75 Å². The molecule has 0 aromatic heterocycles. The fourth-order valence-corrected chi connectivity index (χ4v) is 2.74. The van der Waals surface area contributed by atoms with E-state index in [0.717, 1.165) is 42.5 Å². The molecule has 4 heteroatoms. The highest BCUT2D eigenvalue weighted by Crippen LogP contribution is 2.34. The Kier molecular flexibility index (Phi) is 4.87. The van der Waals surface area contributed by atoms with Crippen molar-refractivity contribution in [3.05, 3.63) is 28.8 Å². The van der Waals surface area contributed by atoms with Gasteiger partial charge in [-0.05, 0) is 30.7 Å². The van der Waals surface area contributed by atoms with Crippen molar-refractivity contribution < 1.29 is 9.47 Å². The van der Waals surface area contributed by atoms with Gasteiger partial charge in [-0.2, -0.15) is 0 Å². The number of hydrogen-bond donors (Lipinski definition) is 1. The van der Waals surface area contributed by atoms with Gasteiger partial charge in [0.05, 0.1) is 13.7 Å². The van der Waals surface area contributed by atoms with E-state index in [0.29, 0.717) is 5.92 Å². The van der Waals surface area contributed by atoms with Crippen molar-refractivity contribution in [3.63, 3.8) is 0 Å². The lowest BCUT2D eigenvalue weighted by atomic mass is 9.92. The monoisotopic (exact) mass is 269 g/mol. The molecular formula is C14H20ClNO2. The van der Waals surface area contributed by atoms with Crippen LogP contribution in [-0.4, -0.2) is 26.9 Å². The quantitative estimate of drug-likeness (QED) is 0.891. The maximum absolute atomic E-state index is 6.36. The van der Waals surface area contributed by atoms with Gasteiger partial charge in [0.1, 0.15) is 5.75 Å². The van der Waals surface area contributed by atoms with E-state index < -0.39 is 0 Å². The maximum atomic E-state index is 6.36. The van der Waals surface area contributed by atoms with Crippen LogP contribution in [0.15, 0.2) is 18.2 Å². The van der Waals surface area contributed by atoms with Crippen LogP contribution < -0.4 is 10.1 Å². The van der Waals surface area contributed by atoms with Crippen LogP contribution >= 0.6 is 11.6 Å². The van der Waals surface area contributed by atoms with Crippen molar-refractivity contribution in [2.24, 2.45) is 5.92 Å². The molecule has 0 spiro atoms. The zero-order chi connectivity index (χ0) is 13.0. The normalized spacial score (nSPS) is 20.9. The summed E-state index contributed by atoms with van der Waals surface area (Å²) >= 11 is 6.36. The molecule has 0 saturated carbocycles. The molecule has 100 valence electrons. The highest BCUT2D eigenvalue weighted by molar-refractivity contribution is 6.31. The van der Waals surface area contributed by atoms with E-state index in [1.165, 1.54) is 0 Å². The first kappa shape index (κ1) is 13.7. The van der Waals surface area contributed by atoms with Gasteiger partial charge in [-0.25, -0.2) is 0 Å². The highest BCUT2D eigenvalue weighted by atomic mass is 35.5. The number of methoxy groups -OCH3 is 1. The standard InChI is InChI=1S/C14H20ClNO2/c1-3-16-14(10-6-7-18-9-10)12-5-4-11(17-2)8-13(12)15/h4-5,8,10,14,16H,3,6-7,9H2,1-2H3. The van der Waals surface area contributed by atoms with Gasteiger partial charge in [-0.15, -0.1) is 0 Å². The third-order valence-corrected chi connectivity index (χ3v) is 3.73. The van der Waals surface area contributed by atoms with Gasteiger partial charge >= 0.3 is 0 Å². The van der Waals surface area contributed by atoms with E-state index in [4.69, 9.17) is 21.1 Å². The SMILES string of the molecule is CCNC(c1ccc(OC)cc1Cl)C1CCOC1. The van der Waals surface area contributed by atoms with Gasteiger partial charge in [0, 0.05) is 23.6 Å². The molecule has 3 nitrogen and oxygen atoms in total. The van der Waals surface area contributed by atoms with Crippen LogP contribution in [0.5, 0.6) is 5.75 Å². The predicted octanol–water partition coefficient (Wildman–Crippen LogP) is 3.04. The lowest BCUT2D eigenvalue weighted by Gasteiger charge is -2.25. The second-order valence-electron chi connectivity index (χ2n) is 4.55. The Morgan fingerprint density at radius 1 is 1.56 bits per heavy atom. The average Bonchev–Trinajstić information content (AvgIpc) is 2.90. The highest BCUT2D eigenvalue weighted by Gasteiger charge is 2.27. The topological polar surface area (TPSA) is 30.5 Å². The molecule has 0 aliphatic carbocycles. The second kappa shape index (κ2) is 6.41. The van der Waals surface area contributed by atoms with Crippen molar-refractivity contribution in [1.29, 1.82) is 0 Å². The molecule has 0 amide bonds. The Hall–Kier alpha value is -0.770. The molecule has 1 aliphatic rings. The predicted molar refractivity (Wildman–Crippen MR) is 73.3 cm³/mol. The molecule has 1 aliphatic heterocycles. The molecule has 18 heavy (non-hydrogen) atoms. The number of rotatable bonds is 5. The fraction of sp³-hybridized carbons (Fsp3) is 0.571. The summed E-state index contributed by atoms with van der Waals surface area (Å²) in [6.07, 6.45) is 1.08. The van der Waals surface area contributed by atoms with Crippen LogP contribution in [0.1, 0.15) is 24.9 Å². The van der Waals surface area contributed by atoms with E-state index in [2.05, 4.69) is 12.2 Å². The van der Waals surface area contributed by atoms with Crippen molar-refractivity contribution in [2.75, 3.05) is 26.9 Å². The summed E-state index contributed by atoms with van der Waals surface area (Å²) in [4.78, 5) is 0. The lowest BCUT2D eigenvalue weighted by Crippen LogP contribution is -2.28. The van der Waals surface area contributed by atoms with Crippen LogP contribution in [0.25, 0.3) is 0 Å². The van der Waals surface area contributed by atoms with E-state index in [1.54, 1.807) is 7.11 Å². The number of hydrogen-bond acceptors (Lipinski definition) is 3. The van der Waals surface area contributed by atoms with Crippen molar-refractivity contribution in [1.82, 2.24) is 5.32 Å². The second-order valence-corrected chi connectivity index (χ2v) is 4.95. The Morgan fingerprint density at radius 3 is 2.94 bits per heavy atom. The first-order chi connectivity index (χ1) is 8.76.